The molecule has 1 aromatic heterocycles. The summed E-state index contributed by atoms with van der Waals surface area (Å²) in [6, 6.07) is 3.63. The molecule has 0 aliphatic carbocycles. The van der Waals surface area contributed by atoms with Crippen LogP contribution in [-0.4, -0.2) is 30.9 Å². The molecule has 5 heteroatoms. The van der Waals surface area contributed by atoms with Crippen LogP contribution in [0.2, 0.25) is 0 Å². The van der Waals surface area contributed by atoms with E-state index in [2.05, 4.69) is 4.74 Å². The zero-order valence-electron chi connectivity index (χ0n) is 9.65. The van der Waals surface area contributed by atoms with Gasteiger partial charge in [-0.05, 0) is 19.1 Å². The van der Waals surface area contributed by atoms with Gasteiger partial charge in [0.25, 0.3) is 0 Å². The van der Waals surface area contributed by atoms with Crippen LogP contribution in [0.25, 0.3) is 0 Å². The highest BCUT2D eigenvalue weighted by molar-refractivity contribution is 5.94. The summed E-state index contributed by atoms with van der Waals surface area (Å²) in [6.07, 6.45) is -0.243. The van der Waals surface area contributed by atoms with E-state index in [9.17, 15) is 9.59 Å². The first-order valence-electron chi connectivity index (χ1n) is 4.89. The minimum absolute atomic E-state index is 0.243. The Morgan fingerprint density at radius 2 is 2.12 bits per heavy atom. The van der Waals surface area contributed by atoms with E-state index in [-0.39, 0.29) is 12.3 Å². The molecule has 0 radical (unpaired) electrons. The standard InChI is InChI=1S/C11H15NO4/c1-8-4-5-9(16-8)7-12(2)10(13)6-11(14)15-3/h4-5H,6-7H2,1-3H3. The van der Waals surface area contributed by atoms with E-state index in [0.29, 0.717) is 12.3 Å². The molecule has 0 aromatic carbocycles. The Morgan fingerprint density at radius 1 is 1.44 bits per heavy atom. The Kier molecular flexibility index (Phi) is 4.10. The second-order valence-corrected chi connectivity index (χ2v) is 3.52. The molecule has 16 heavy (non-hydrogen) atoms. The monoisotopic (exact) mass is 225 g/mol. The average molecular weight is 225 g/mol. The maximum atomic E-state index is 11.5. The first-order valence-corrected chi connectivity index (χ1v) is 4.89. The molecule has 1 aromatic rings. The first-order chi connectivity index (χ1) is 7.52. The molecular formula is C11H15NO4. The van der Waals surface area contributed by atoms with Crippen LogP contribution < -0.4 is 0 Å². The predicted molar refractivity (Wildman–Crippen MR) is 56.6 cm³/mol. The number of amides is 1. The van der Waals surface area contributed by atoms with Gasteiger partial charge >= 0.3 is 5.97 Å². The summed E-state index contributed by atoms with van der Waals surface area (Å²) in [6.45, 7) is 2.18. The highest BCUT2D eigenvalue weighted by Crippen LogP contribution is 2.09. The average Bonchev–Trinajstić information content (AvgIpc) is 2.63. The fraction of sp³-hybridized carbons (Fsp3) is 0.455. The summed E-state index contributed by atoms with van der Waals surface area (Å²) in [4.78, 5) is 23.8. The van der Waals surface area contributed by atoms with E-state index in [0.717, 1.165) is 5.76 Å². The molecule has 0 aliphatic rings. The summed E-state index contributed by atoms with van der Waals surface area (Å²) in [7, 11) is 2.87. The summed E-state index contributed by atoms with van der Waals surface area (Å²) in [5.41, 5.74) is 0. The fourth-order valence-electron chi connectivity index (χ4n) is 1.22. The molecule has 0 fully saturated rings. The molecule has 1 heterocycles. The SMILES string of the molecule is COC(=O)CC(=O)N(C)Cc1ccc(C)o1. The number of methoxy groups -OCH3 is 1. The van der Waals surface area contributed by atoms with Gasteiger partial charge in [0.2, 0.25) is 5.91 Å². The molecule has 0 saturated heterocycles. The molecule has 1 amide bonds. The molecular weight excluding hydrogens is 210 g/mol. The maximum Gasteiger partial charge on any atom is 0.315 e. The van der Waals surface area contributed by atoms with Crippen molar-refractivity contribution in [3.05, 3.63) is 23.7 Å². The molecule has 0 aliphatic heterocycles. The predicted octanol–water partition coefficient (Wildman–Crippen LogP) is 1.11. The molecule has 88 valence electrons. The lowest BCUT2D eigenvalue weighted by molar-refractivity contribution is -0.146. The van der Waals surface area contributed by atoms with Crippen LogP contribution >= 0.6 is 0 Å². The van der Waals surface area contributed by atoms with Gasteiger partial charge in [-0.3, -0.25) is 9.59 Å². The summed E-state index contributed by atoms with van der Waals surface area (Å²) >= 11 is 0. The normalized spacial score (nSPS) is 9.94. The van der Waals surface area contributed by atoms with E-state index in [1.807, 2.05) is 13.0 Å². The van der Waals surface area contributed by atoms with Crippen molar-refractivity contribution in [2.75, 3.05) is 14.2 Å². The Labute approximate surface area is 94.0 Å². The van der Waals surface area contributed by atoms with Crippen LogP contribution in [0.3, 0.4) is 0 Å². The van der Waals surface area contributed by atoms with Crippen LogP contribution in [0.15, 0.2) is 16.5 Å². The number of furan rings is 1. The number of hydrogen-bond acceptors (Lipinski definition) is 4. The van der Waals surface area contributed by atoms with Crippen LogP contribution in [-0.2, 0) is 20.9 Å². The van der Waals surface area contributed by atoms with E-state index in [1.54, 1.807) is 13.1 Å². The fourth-order valence-corrected chi connectivity index (χ4v) is 1.22. The molecule has 0 bridgehead atoms. The van der Waals surface area contributed by atoms with Gasteiger partial charge in [0.05, 0.1) is 13.7 Å². The number of nitrogens with zero attached hydrogens (tertiary/aromatic N) is 1. The van der Waals surface area contributed by atoms with Gasteiger partial charge in [0.1, 0.15) is 17.9 Å². The number of rotatable bonds is 4. The van der Waals surface area contributed by atoms with Crippen molar-refractivity contribution in [1.82, 2.24) is 4.90 Å². The third-order valence-corrected chi connectivity index (χ3v) is 2.14. The second-order valence-electron chi connectivity index (χ2n) is 3.52. The van der Waals surface area contributed by atoms with Gasteiger partial charge in [-0.25, -0.2) is 0 Å². The number of aryl methyl sites for hydroxylation is 1. The van der Waals surface area contributed by atoms with Crippen molar-refractivity contribution in [2.24, 2.45) is 0 Å². The molecule has 1 rings (SSSR count). The number of carbonyl (C=O) groups excluding carboxylic acids is 2. The number of ether oxygens (including phenoxy) is 1. The van der Waals surface area contributed by atoms with Crippen LogP contribution in [0.5, 0.6) is 0 Å². The number of hydrogen-bond donors (Lipinski definition) is 0. The Bertz CT molecular complexity index is 383. The van der Waals surface area contributed by atoms with Gasteiger partial charge in [-0.15, -0.1) is 0 Å². The molecule has 0 unspecified atom stereocenters. The largest absolute Gasteiger partial charge is 0.469 e. The van der Waals surface area contributed by atoms with E-state index >= 15 is 0 Å². The van der Waals surface area contributed by atoms with Crippen molar-refractivity contribution < 1.29 is 18.7 Å². The third kappa shape index (κ3) is 3.42. The molecule has 0 N–H and O–H groups in total. The van der Waals surface area contributed by atoms with E-state index in [4.69, 9.17) is 4.42 Å². The van der Waals surface area contributed by atoms with Crippen LogP contribution in [0, 0.1) is 6.92 Å². The molecule has 5 nitrogen and oxygen atoms in total. The van der Waals surface area contributed by atoms with Crippen molar-refractivity contribution in [2.45, 2.75) is 19.9 Å². The van der Waals surface area contributed by atoms with Crippen LogP contribution in [0.1, 0.15) is 17.9 Å². The minimum Gasteiger partial charge on any atom is -0.469 e. The van der Waals surface area contributed by atoms with E-state index in [1.165, 1.54) is 12.0 Å². The highest BCUT2D eigenvalue weighted by atomic mass is 16.5. The first kappa shape index (κ1) is 12.3. The Morgan fingerprint density at radius 3 is 2.62 bits per heavy atom. The van der Waals surface area contributed by atoms with Gasteiger partial charge in [-0.1, -0.05) is 0 Å². The maximum absolute atomic E-state index is 11.5. The Balaban J connectivity index is 2.48. The van der Waals surface area contributed by atoms with Gasteiger partial charge in [0, 0.05) is 7.05 Å². The molecule has 0 saturated carbocycles. The highest BCUT2D eigenvalue weighted by Gasteiger charge is 2.15. The van der Waals surface area contributed by atoms with Gasteiger partial charge in [0.15, 0.2) is 0 Å². The Hall–Kier alpha value is -1.78. The van der Waals surface area contributed by atoms with Crippen molar-refractivity contribution in [3.8, 4) is 0 Å². The zero-order valence-corrected chi connectivity index (χ0v) is 9.65. The minimum atomic E-state index is -0.535. The lowest BCUT2D eigenvalue weighted by atomic mass is 10.3. The summed E-state index contributed by atoms with van der Waals surface area (Å²) < 4.78 is 9.74. The quantitative estimate of drug-likeness (QED) is 0.569. The van der Waals surface area contributed by atoms with Crippen molar-refractivity contribution in [1.29, 1.82) is 0 Å². The van der Waals surface area contributed by atoms with Crippen molar-refractivity contribution >= 4 is 11.9 Å². The smallest absolute Gasteiger partial charge is 0.315 e. The topological polar surface area (TPSA) is 59.8 Å². The summed E-state index contributed by atoms with van der Waals surface area (Å²) in [5, 5.41) is 0. The second kappa shape index (κ2) is 5.34. The van der Waals surface area contributed by atoms with Gasteiger partial charge < -0.3 is 14.1 Å². The van der Waals surface area contributed by atoms with Crippen molar-refractivity contribution in [3.63, 3.8) is 0 Å². The molecule has 0 spiro atoms. The summed E-state index contributed by atoms with van der Waals surface area (Å²) in [5.74, 6) is 0.662. The lowest BCUT2D eigenvalue weighted by Crippen LogP contribution is -2.28. The van der Waals surface area contributed by atoms with Gasteiger partial charge in [-0.2, -0.15) is 0 Å². The lowest BCUT2D eigenvalue weighted by Gasteiger charge is -2.14. The van der Waals surface area contributed by atoms with Crippen LogP contribution in [0.4, 0.5) is 0 Å². The number of esters is 1. The zero-order chi connectivity index (χ0) is 12.1. The number of carbonyl (C=O) groups is 2. The van der Waals surface area contributed by atoms with E-state index < -0.39 is 5.97 Å². The third-order valence-electron chi connectivity index (χ3n) is 2.14. The molecule has 0 atom stereocenters.